The summed E-state index contributed by atoms with van der Waals surface area (Å²) in [6, 6.07) is 15.9. The number of Topliss-reactive ketones (excluding diaryl/α,β-unsaturated/α-hetero) is 1. The van der Waals surface area contributed by atoms with Gasteiger partial charge >= 0.3 is 11.9 Å². The molecular formula is C20H19BrO5. The molecule has 0 fully saturated rings. The zero-order chi connectivity index (χ0) is 19.1. The van der Waals surface area contributed by atoms with Crippen molar-refractivity contribution >= 4 is 33.7 Å². The van der Waals surface area contributed by atoms with Crippen molar-refractivity contribution in [3.05, 3.63) is 70.2 Å². The molecule has 6 heteroatoms. The van der Waals surface area contributed by atoms with Gasteiger partial charge in [0.25, 0.3) is 0 Å². The molecule has 1 atom stereocenters. The second-order valence-electron chi connectivity index (χ2n) is 5.68. The Labute approximate surface area is 160 Å². The number of hydrogen-bond donors (Lipinski definition) is 0. The molecule has 0 aliphatic rings. The average molecular weight is 419 g/mol. The summed E-state index contributed by atoms with van der Waals surface area (Å²) in [6.07, 6.45) is -0.0273. The van der Waals surface area contributed by atoms with Gasteiger partial charge in [0.2, 0.25) is 0 Å². The highest BCUT2D eigenvalue weighted by Crippen LogP contribution is 2.32. The van der Waals surface area contributed by atoms with Crippen LogP contribution in [0, 0.1) is 5.92 Å². The predicted octanol–water partition coefficient (Wildman–Crippen LogP) is 3.77. The van der Waals surface area contributed by atoms with Crippen LogP contribution in [-0.4, -0.2) is 31.9 Å². The van der Waals surface area contributed by atoms with E-state index in [4.69, 9.17) is 9.47 Å². The molecule has 2 rings (SSSR count). The van der Waals surface area contributed by atoms with E-state index in [1.54, 1.807) is 48.5 Å². The van der Waals surface area contributed by atoms with Gasteiger partial charge in [-0.2, -0.15) is 0 Å². The Balaban J connectivity index is 2.43. The van der Waals surface area contributed by atoms with Gasteiger partial charge in [-0.25, -0.2) is 0 Å². The van der Waals surface area contributed by atoms with Crippen LogP contribution in [-0.2, 0) is 19.1 Å². The largest absolute Gasteiger partial charge is 0.468 e. The number of ether oxygens (including phenoxy) is 2. The van der Waals surface area contributed by atoms with E-state index in [9.17, 15) is 14.4 Å². The summed E-state index contributed by atoms with van der Waals surface area (Å²) in [5.41, 5.74) is 1.20. The molecule has 0 aliphatic heterocycles. The number of hydrogen-bond acceptors (Lipinski definition) is 5. The highest BCUT2D eigenvalue weighted by molar-refractivity contribution is 9.10. The molecule has 2 aromatic carbocycles. The lowest BCUT2D eigenvalue weighted by Crippen LogP contribution is -2.33. The van der Waals surface area contributed by atoms with Crippen LogP contribution < -0.4 is 0 Å². The van der Waals surface area contributed by atoms with Gasteiger partial charge in [-0.3, -0.25) is 14.4 Å². The monoisotopic (exact) mass is 418 g/mol. The van der Waals surface area contributed by atoms with Crippen LogP contribution in [0.4, 0.5) is 0 Å². The van der Waals surface area contributed by atoms with Crippen molar-refractivity contribution in [2.75, 3.05) is 14.2 Å². The smallest absolute Gasteiger partial charge is 0.320 e. The summed E-state index contributed by atoms with van der Waals surface area (Å²) in [6.45, 7) is 0. The molecule has 0 heterocycles. The van der Waals surface area contributed by atoms with Crippen molar-refractivity contribution in [2.24, 2.45) is 5.92 Å². The minimum Gasteiger partial charge on any atom is -0.468 e. The van der Waals surface area contributed by atoms with Gasteiger partial charge in [-0.15, -0.1) is 0 Å². The highest BCUT2D eigenvalue weighted by atomic mass is 79.9. The summed E-state index contributed by atoms with van der Waals surface area (Å²) in [5, 5.41) is 0. The fraction of sp³-hybridized carbons (Fsp3) is 0.250. The molecule has 0 radical (unpaired) electrons. The lowest BCUT2D eigenvalue weighted by atomic mass is 9.81. The first-order chi connectivity index (χ1) is 12.5. The van der Waals surface area contributed by atoms with Crippen molar-refractivity contribution in [1.82, 2.24) is 0 Å². The summed E-state index contributed by atoms with van der Waals surface area (Å²) in [5.74, 6) is -3.55. The molecule has 0 amide bonds. The molecule has 5 nitrogen and oxygen atoms in total. The van der Waals surface area contributed by atoms with E-state index in [-0.39, 0.29) is 12.2 Å². The van der Waals surface area contributed by atoms with E-state index in [2.05, 4.69) is 15.9 Å². The number of halogens is 1. The number of esters is 2. The number of carbonyl (C=O) groups is 3. The molecule has 26 heavy (non-hydrogen) atoms. The van der Waals surface area contributed by atoms with Gasteiger partial charge < -0.3 is 9.47 Å². The van der Waals surface area contributed by atoms with E-state index in [0.29, 0.717) is 11.1 Å². The standard InChI is InChI=1S/C20H19BrO5/c1-25-19(23)18(20(24)26-2)16(13-8-10-15(21)11-9-13)12-17(22)14-6-4-3-5-7-14/h3-11,16,18H,12H2,1-2H3/t16-/m0/s1. The van der Waals surface area contributed by atoms with E-state index >= 15 is 0 Å². The molecule has 0 aliphatic carbocycles. The SMILES string of the molecule is COC(=O)C(C(=O)OC)[C@@H](CC(=O)c1ccccc1)c1ccc(Br)cc1. The number of methoxy groups -OCH3 is 2. The third-order valence-corrected chi connectivity index (χ3v) is 4.64. The van der Waals surface area contributed by atoms with Crippen LogP contribution >= 0.6 is 15.9 Å². The lowest BCUT2D eigenvalue weighted by Gasteiger charge is -2.23. The predicted molar refractivity (Wildman–Crippen MR) is 99.8 cm³/mol. The lowest BCUT2D eigenvalue weighted by molar-refractivity contribution is -0.159. The van der Waals surface area contributed by atoms with Gasteiger partial charge in [0.05, 0.1) is 14.2 Å². The maximum absolute atomic E-state index is 12.7. The highest BCUT2D eigenvalue weighted by Gasteiger charge is 2.39. The molecule has 0 saturated carbocycles. The van der Waals surface area contributed by atoms with Crippen LogP contribution in [0.2, 0.25) is 0 Å². The van der Waals surface area contributed by atoms with Crippen LogP contribution in [0.1, 0.15) is 28.3 Å². The van der Waals surface area contributed by atoms with Crippen molar-refractivity contribution in [3.63, 3.8) is 0 Å². The van der Waals surface area contributed by atoms with Gasteiger partial charge in [0.1, 0.15) is 0 Å². The summed E-state index contributed by atoms with van der Waals surface area (Å²) < 4.78 is 10.4. The maximum atomic E-state index is 12.7. The summed E-state index contributed by atoms with van der Waals surface area (Å²) >= 11 is 3.35. The topological polar surface area (TPSA) is 69.7 Å². The van der Waals surface area contributed by atoms with Gasteiger partial charge in [-0.1, -0.05) is 58.4 Å². The second-order valence-corrected chi connectivity index (χ2v) is 6.59. The van der Waals surface area contributed by atoms with Gasteiger partial charge in [-0.05, 0) is 17.7 Å². The Hall–Kier alpha value is -2.47. The Morgan fingerprint density at radius 3 is 1.92 bits per heavy atom. The van der Waals surface area contributed by atoms with E-state index in [1.807, 2.05) is 6.07 Å². The quantitative estimate of drug-likeness (QED) is 0.388. The molecular weight excluding hydrogens is 400 g/mol. The Morgan fingerprint density at radius 2 is 1.42 bits per heavy atom. The molecule has 0 bridgehead atoms. The third kappa shape index (κ3) is 4.79. The zero-order valence-corrected chi connectivity index (χ0v) is 16.1. The Bertz CT molecular complexity index is 755. The van der Waals surface area contributed by atoms with Crippen LogP contribution in [0.5, 0.6) is 0 Å². The molecule has 0 saturated heterocycles. The molecule has 0 unspecified atom stereocenters. The molecule has 0 N–H and O–H groups in total. The minimum atomic E-state index is -1.22. The summed E-state index contributed by atoms with van der Waals surface area (Å²) in [7, 11) is 2.41. The fourth-order valence-corrected chi connectivity index (χ4v) is 3.02. The fourth-order valence-electron chi connectivity index (χ4n) is 2.76. The van der Waals surface area contributed by atoms with Crippen LogP contribution in [0.15, 0.2) is 59.1 Å². The van der Waals surface area contributed by atoms with Crippen molar-refractivity contribution < 1.29 is 23.9 Å². The Morgan fingerprint density at radius 1 is 0.885 bits per heavy atom. The van der Waals surface area contributed by atoms with E-state index in [0.717, 1.165) is 4.47 Å². The number of rotatable bonds is 7. The molecule has 0 aromatic heterocycles. The van der Waals surface area contributed by atoms with Gasteiger partial charge in [0, 0.05) is 22.4 Å². The van der Waals surface area contributed by atoms with Gasteiger partial charge in [0.15, 0.2) is 11.7 Å². The zero-order valence-electron chi connectivity index (χ0n) is 14.5. The average Bonchev–Trinajstić information content (AvgIpc) is 2.68. The normalized spacial score (nSPS) is 11.7. The first-order valence-corrected chi connectivity index (χ1v) is 8.76. The third-order valence-electron chi connectivity index (χ3n) is 4.11. The van der Waals surface area contributed by atoms with Crippen LogP contribution in [0.25, 0.3) is 0 Å². The van der Waals surface area contributed by atoms with E-state index < -0.39 is 23.8 Å². The minimum absolute atomic E-state index is 0.0273. The second kappa shape index (κ2) is 9.29. The molecule has 136 valence electrons. The van der Waals surface area contributed by atoms with Crippen LogP contribution in [0.3, 0.4) is 0 Å². The first-order valence-electron chi connectivity index (χ1n) is 7.97. The van der Waals surface area contributed by atoms with Crippen molar-refractivity contribution in [2.45, 2.75) is 12.3 Å². The maximum Gasteiger partial charge on any atom is 0.320 e. The van der Waals surface area contributed by atoms with Crippen molar-refractivity contribution in [1.29, 1.82) is 0 Å². The molecule has 0 spiro atoms. The van der Waals surface area contributed by atoms with E-state index in [1.165, 1.54) is 14.2 Å². The summed E-state index contributed by atoms with van der Waals surface area (Å²) in [4.78, 5) is 37.2. The number of carbonyl (C=O) groups excluding carboxylic acids is 3. The van der Waals surface area contributed by atoms with Crippen molar-refractivity contribution in [3.8, 4) is 0 Å². The Kier molecular flexibility index (Phi) is 7.09. The first kappa shape index (κ1) is 19.8. The number of ketones is 1. The number of benzene rings is 2. The molecule has 2 aromatic rings.